The third kappa shape index (κ3) is 4.61. The van der Waals surface area contributed by atoms with Crippen LogP contribution < -0.4 is 26.0 Å². The Labute approximate surface area is 159 Å². The van der Waals surface area contributed by atoms with Crippen LogP contribution in [-0.4, -0.2) is 29.5 Å². The summed E-state index contributed by atoms with van der Waals surface area (Å²) in [5, 5.41) is 13.6. The first-order valence-corrected chi connectivity index (χ1v) is 8.12. The fourth-order valence-corrected chi connectivity index (χ4v) is 2.24. The van der Waals surface area contributed by atoms with Crippen LogP contribution in [0, 0.1) is 5.82 Å². The Morgan fingerprint density at radius 3 is 2.68 bits per heavy atom. The lowest BCUT2D eigenvalue weighted by atomic mass is 10.2. The smallest absolute Gasteiger partial charge is 0.224 e. The molecule has 0 unspecified atom stereocenters. The molecule has 9 nitrogen and oxygen atoms in total. The van der Waals surface area contributed by atoms with Gasteiger partial charge in [0.05, 0.1) is 7.11 Å². The van der Waals surface area contributed by atoms with E-state index in [1.54, 1.807) is 36.5 Å². The minimum absolute atomic E-state index is 0.0289. The van der Waals surface area contributed by atoms with Gasteiger partial charge >= 0.3 is 0 Å². The van der Waals surface area contributed by atoms with Gasteiger partial charge in [-0.2, -0.15) is 0 Å². The van der Waals surface area contributed by atoms with Crippen molar-refractivity contribution in [3.05, 3.63) is 65.1 Å². The highest BCUT2D eigenvalue weighted by Crippen LogP contribution is 2.28. The van der Waals surface area contributed by atoms with Gasteiger partial charge in [0.25, 0.3) is 0 Å². The van der Waals surface area contributed by atoms with E-state index in [9.17, 15) is 4.39 Å². The Morgan fingerprint density at radius 1 is 1.21 bits per heavy atom. The Balaban J connectivity index is 1.68. The number of amidine groups is 1. The number of nitrogens with zero attached hydrogens (tertiary/aromatic N) is 3. The number of nitrogens with one attached hydrogen (secondary N) is 1. The van der Waals surface area contributed by atoms with E-state index in [0.717, 1.165) is 11.1 Å². The predicted molar refractivity (Wildman–Crippen MR) is 99.3 cm³/mol. The van der Waals surface area contributed by atoms with Gasteiger partial charge in [-0.1, -0.05) is 12.1 Å². The maximum Gasteiger partial charge on any atom is 0.224 e. The second-order valence-corrected chi connectivity index (χ2v) is 5.59. The van der Waals surface area contributed by atoms with Crippen LogP contribution in [0.15, 0.2) is 52.2 Å². The number of anilines is 1. The van der Waals surface area contributed by atoms with Crippen LogP contribution in [-0.2, 0) is 6.61 Å². The van der Waals surface area contributed by atoms with Gasteiger partial charge in [-0.3, -0.25) is 0 Å². The summed E-state index contributed by atoms with van der Waals surface area (Å²) < 4.78 is 28.5. The molecule has 3 rings (SSSR count). The van der Waals surface area contributed by atoms with E-state index >= 15 is 0 Å². The topological polar surface area (TPSA) is 136 Å². The molecule has 0 fully saturated rings. The molecule has 10 heteroatoms. The monoisotopic (exact) mass is 385 g/mol. The van der Waals surface area contributed by atoms with Gasteiger partial charge in [0, 0.05) is 10.7 Å². The van der Waals surface area contributed by atoms with Crippen molar-refractivity contribution in [2.24, 2.45) is 10.8 Å². The molecular weight excluding hydrogens is 367 g/mol. The van der Waals surface area contributed by atoms with Crippen molar-refractivity contribution < 1.29 is 23.6 Å². The number of aromatic nitrogens is 2. The lowest BCUT2D eigenvalue weighted by molar-refractivity contribution is -0.456. The molecule has 2 aromatic carbocycles. The van der Waals surface area contributed by atoms with Crippen molar-refractivity contribution in [2.45, 2.75) is 6.61 Å². The minimum Gasteiger partial charge on any atom is -0.493 e. The van der Waals surface area contributed by atoms with Gasteiger partial charge in [0.2, 0.25) is 12.1 Å². The Kier molecular flexibility index (Phi) is 5.80. The molecule has 0 saturated carbocycles. The van der Waals surface area contributed by atoms with Crippen LogP contribution >= 0.6 is 0 Å². The van der Waals surface area contributed by atoms with Gasteiger partial charge in [0.1, 0.15) is 12.4 Å². The Morgan fingerprint density at radius 2 is 2.00 bits per heavy atom. The highest BCUT2D eigenvalue weighted by molar-refractivity contribution is 5.98. The summed E-state index contributed by atoms with van der Waals surface area (Å²) in [6, 6.07) is 11.4. The SMILES string of the molecule is COc1cc(/C=[NH+]\N=C(N)c2nonc2N)ccc1OCc1ccc(F)cc1. The second-order valence-electron chi connectivity index (χ2n) is 5.59. The summed E-state index contributed by atoms with van der Waals surface area (Å²) in [6.45, 7) is 0.284. The zero-order valence-corrected chi connectivity index (χ0v) is 14.9. The van der Waals surface area contributed by atoms with Crippen molar-refractivity contribution in [1.29, 1.82) is 0 Å². The number of ether oxygens (including phenoxy) is 2. The number of nitrogens with two attached hydrogens (primary N) is 2. The molecule has 5 N–H and O–H groups in total. The maximum atomic E-state index is 13.0. The number of hydrogen-bond donors (Lipinski definition) is 3. The van der Waals surface area contributed by atoms with Crippen molar-refractivity contribution in [2.75, 3.05) is 12.8 Å². The van der Waals surface area contributed by atoms with Crippen LogP contribution in [0.3, 0.4) is 0 Å². The quantitative estimate of drug-likeness (QED) is 0.300. The van der Waals surface area contributed by atoms with Crippen LogP contribution in [0.1, 0.15) is 16.8 Å². The highest BCUT2D eigenvalue weighted by atomic mass is 19.1. The van der Waals surface area contributed by atoms with E-state index < -0.39 is 0 Å². The van der Waals surface area contributed by atoms with E-state index in [4.69, 9.17) is 20.9 Å². The zero-order chi connectivity index (χ0) is 19.9. The second kappa shape index (κ2) is 8.62. The molecule has 0 aliphatic carbocycles. The lowest BCUT2D eigenvalue weighted by Crippen LogP contribution is -2.63. The maximum absolute atomic E-state index is 13.0. The molecule has 0 radical (unpaired) electrons. The molecule has 0 amide bonds. The van der Waals surface area contributed by atoms with Crippen LogP contribution in [0.2, 0.25) is 0 Å². The molecule has 0 aliphatic heterocycles. The number of nitrogen functional groups attached to an aromatic ring is 1. The molecule has 3 aromatic rings. The van der Waals surface area contributed by atoms with Crippen LogP contribution in [0.25, 0.3) is 0 Å². The molecule has 0 saturated heterocycles. The first-order chi connectivity index (χ1) is 13.6. The molecule has 1 heterocycles. The van der Waals surface area contributed by atoms with Crippen LogP contribution in [0.5, 0.6) is 11.5 Å². The molecular formula is C18H18FN6O3+. The third-order valence-electron chi connectivity index (χ3n) is 3.67. The molecule has 144 valence electrons. The standard InChI is InChI=1S/C18H17FN6O3/c1-26-15-8-12(9-22-23-17(20)16-18(21)25-28-24-16)4-7-14(15)27-10-11-2-5-13(19)6-3-11/h2-9H,10H2,1H3,(H2,20,23)(H2,21,25)/p+1/b22-9-. The van der Waals surface area contributed by atoms with Crippen molar-refractivity contribution >= 4 is 17.9 Å². The van der Waals surface area contributed by atoms with E-state index in [-0.39, 0.29) is 29.8 Å². The zero-order valence-electron chi connectivity index (χ0n) is 14.9. The molecule has 0 aliphatic rings. The molecule has 0 atom stereocenters. The van der Waals surface area contributed by atoms with Gasteiger partial charge < -0.3 is 20.9 Å². The molecule has 0 bridgehead atoms. The average Bonchev–Trinajstić information content (AvgIpc) is 3.14. The molecule has 28 heavy (non-hydrogen) atoms. The Bertz CT molecular complexity index is 1000. The van der Waals surface area contributed by atoms with E-state index in [1.165, 1.54) is 19.2 Å². The van der Waals surface area contributed by atoms with Crippen molar-refractivity contribution in [1.82, 2.24) is 10.3 Å². The third-order valence-corrected chi connectivity index (χ3v) is 3.67. The van der Waals surface area contributed by atoms with Crippen LogP contribution in [0.4, 0.5) is 10.2 Å². The predicted octanol–water partition coefficient (Wildman–Crippen LogP) is 0.199. The summed E-state index contributed by atoms with van der Waals surface area (Å²) in [6.07, 6.45) is 1.60. The lowest BCUT2D eigenvalue weighted by Gasteiger charge is -2.11. The summed E-state index contributed by atoms with van der Waals surface area (Å²) in [7, 11) is 1.54. The number of hydrazone groups is 1. The van der Waals surface area contributed by atoms with Crippen molar-refractivity contribution in [3.63, 3.8) is 0 Å². The summed E-state index contributed by atoms with van der Waals surface area (Å²) in [5.41, 5.74) is 13.0. The van der Waals surface area contributed by atoms with Gasteiger partial charge in [0.15, 0.2) is 23.0 Å². The molecule has 1 aromatic heterocycles. The number of rotatable bonds is 7. The summed E-state index contributed by atoms with van der Waals surface area (Å²) in [4.78, 5) is 0. The first-order valence-electron chi connectivity index (χ1n) is 8.12. The van der Waals surface area contributed by atoms with E-state index in [0.29, 0.717) is 11.5 Å². The number of benzene rings is 2. The molecule has 0 spiro atoms. The number of halogens is 1. The minimum atomic E-state index is -0.292. The fourth-order valence-electron chi connectivity index (χ4n) is 2.24. The first kappa shape index (κ1) is 18.8. The summed E-state index contributed by atoms with van der Waals surface area (Å²) in [5.74, 6) is 0.862. The fraction of sp³-hybridized carbons (Fsp3) is 0.111. The number of hydrogen-bond acceptors (Lipinski definition) is 7. The summed E-state index contributed by atoms with van der Waals surface area (Å²) >= 11 is 0. The average molecular weight is 385 g/mol. The van der Waals surface area contributed by atoms with E-state index in [1.807, 2.05) is 0 Å². The van der Waals surface area contributed by atoms with E-state index in [2.05, 4.69) is 25.1 Å². The van der Waals surface area contributed by atoms with Gasteiger partial charge in [-0.25, -0.2) is 9.02 Å². The van der Waals surface area contributed by atoms with Gasteiger partial charge in [-0.15, -0.1) is 5.10 Å². The van der Waals surface area contributed by atoms with Crippen molar-refractivity contribution in [3.8, 4) is 11.5 Å². The highest BCUT2D eigenvalue weighted by Gasteiger charge is 2.12. The Hall–Kier alpha value is -3.95. The largest absolute Gasteiger partial charge is 0.493 e. The number of methoxy groups -OCH3 is 1. The van der Waals surface area contributed by atoms with Gasteiger partial charge in [-0.05, 0) is 46.2 Å². The normalized spacial score (nSPS) is 11.7.